The second-order valence-electron chi connectivity index (χ2n) is 12.7. The van der Waals surface area contributed by atoms with Crippen LogP contribution in [0.25, 0.3) is 90.9 Å². The van der Waals surface area contributed by atoms with Crippen molar-refractivity contribution in [1.29, 1.82) is 0 Å². The van der Waals surface area contributed by atoms with Gasteiger partial charge in [0.05, 0.1) is 33.8 Å². The first-order valence-electron chi connectivity index (χ1n) is 17.1. The predicted octanol–water partition coefficient (Wildman–Crippen LogP) is 10.9. The molecular weight excluding hydrogens is 641 g/mol. The highest BCUT2D eigenvalue weighted by Gasteiger charge is 2.21. The number of aromatic nitrogens is 4. The molecule has 8 bridgehead atoms. The highest BCUT2D eigenvalue weighted by atomic mass is 16.1. The Morgan fingerprint density at radius 3 is 1.04 bits per heavy atom. The molecule has 0 saturated heterocycles. The number of fused-ring (bicyclic) bond motifs is 8. The number of aldehydes is 2. The van der Waals surface area contributed by atoms with Crippen LogP contribution < -0.4 is 0 Å². The Morgan fingerprint density at radius 2 is 0.692 bits per heavy atom. The average molecular weight is 671 g/mol. The topological polar surface area (TPSA) is 91.5 Å². The molecular formula is C46H30N4O2. The minimum absolute atomic E-state index is 0.456. The van der Waals surface area contributed by atoms with Gasteiger partial charge in [0, 0.05) is 44.4 Å². The first-order valence-corrected chi connectivity index (χ1v) is 17.1. The minimum Gasteiger partial charge on any atom is -0.354 e. The monoisotopic (exact) mass is 670 g/mol. The third kappa shape index (κ3) is 5.30. The van der Waals surface area contributed by atoms with Gasteiger partial charge in [0.1, 0.15) is 0 Å². The van der Waals surface area contributed by atoms with E-state index in [0.717, 1.165) is 85.3 Å². The van der Waals surface area contributed by atoms with E-state index in [1.807, 2.05) is 146 Å². The highest BCUT2D eigenvalue weighted by Crippen LogP contribution is 2.39. The molecule has 0 unspecified atom stereocenters. The summed E-state index contributed by atoms with van der Waals surface area (Å²) in [5, 5.41) is 0. The summed E-state index contributed by atoms with van der Waals surface area (Å²) < 4.78 is 0. The molecule has 6 nitrogen and oxygen atoms in total. The molecule has 7 aromatic rings. The van der Waals surface area contributed by atoms with E-state index in [9.17, 15) is 9.59 Å². The van der Waals surface area contributed by atoms with Crippen molar-refractivity contribution in [2.45, 2.75) is 0 Å². The number of rotatable bonds is 6. The molecule has 2 aliphatic rings. The lowest BCUT2D eigenvalue weighted by molar-refractivity contribution is 0.111. The Kier molecular flexibility index (Phi) is 7.67. The van der Waals surface area contributed by atoms with Crippen LogP contribution in [0.3, 0.4) is 0 Å². The Balaban J connectivity index is 1.55. The van der Waals surface area contributed by atoms with E-state index in [1.165, 1.54) is 0 Å². The minimum atomic E-state index is 0.456. The van der Waals surface area contributed by atoms with Gasteiger partial charge >= 0.3 is 0 Å². The molecule has 2 aliphatic heterocycles. The van der Waals surface area contributed by atoms with Crippen LogP contribution in [0.5, 0.6) is 0 Å². The molecule has 6 heteroatoms. The normalized spacial score (nSPS) is 11.8. The van der Waals surface area contributed by atoms with E-state index >= 15 is 0 Å². The fourth-order valence-corrected chi connectivity index (χ4v) is 7.23. The summed E-state index contributed by atoms with van der Waals surface area (Å²) in [6.45, 7) is 0. The zero-order valence-electron chi connectivity index (χ0n) is 27.9. The van der Waals surface area contributed by atoms with E-state index in [0.29, 0.717) is 27.7 Å². The molecule has 9 rings (SSSR count). The second-order valence-corrected chi connectivity index (χ2v) is 12.7. The number of carbonyl (C=O) groups excluding carboxylic acids is 2. The predicted molar refractivity (Wildman–Crippen MR) is 211 cm³/mol. The summed E-state index contributed by atoms with van der Waals surface area (Å²) >= 11 is 0. The molecule has 0 radical (unpaired) electrons. The lowest BCUT2D eigenvalue weighted by Crippen LogP contribution is -1.91. The van der Waals surface area contributed by atoms with E-state index in [-0.39, 0.29) is 0 Å². The summed E-state index contributed by atoms with van der Waals surface area (Å²) in [7, 11) is 0. The number of aromatic amines is 2. The van der Waals surface area contributed by atoms with Crippen LogP contribution in [0.15, 0.2) is 133 Å². The van der Waals surface area contributed by atoms with Crippen LogP contribution in [0.4, 0.5) is 0 Å². The van der Waals surface area contributed by atoms with Gasteiger partial charge in [-0.2, -0.15) is 0 Å². The number of nitrogens with zero attached hydrogens (tertiary/aromatic N) is 2. The zero-order chi connectivity index (χ0) is 35.0. The number of hydrogen-bond acceptors (Lipinski definition) is 4. The smallest absolute Gasteiger partial charge is 0.152 e. The van der Waals surface area contributed by atoms with Gasteiger partial charge in [0.2, 0.25) is 0 Å². The molecule has 0 aliphatic carbocycles. The number of hydrogen-bond donors (Lipinski definition) is 2. The van der Waals surface area contributed by atoms with Crippen LogP contribution >= 0.6 is 0 Å². The van der Waals surface area contributed by atoms with Gasteiger partial charge in [-0.15, -0.1) is 0 Å². The van der Waals surface area contributed by atoms with Crippen molar-refractivity contribution in [1.82, 2.24) is 19.9 Å². The van der Waals surface area contributed by atoms with Crippen molar-refractivity contribution >= 4 is 58.9 Å². The molecule has 0 spiro atoms. The summed E-state index contributed by atoms with van der Waals surface area (Å²) in [6.07, 6.45) is 9.84. The van der Waals surface area contributed by atoms with Crippen molar-refractivity contribution in [3.8, 4) is 44.5 Å². The van der Waals surface area contributed by atoms with Gasteiger partial charge in [-0.05, 0) is 58.7 Å². The lowest BCUT2D eigenvalue weighted by atomic mass is 10.0. The van der Waals surface area contributed by atoms with Crippen molar-refractivity contribution in [2.24, 2.45) is 0 Å². The third-order valence-corrected chi connectivity index (χ3v) is 9.54. The zero-order valence-corrected chi connectivity index (χ0v) is 27.9. The summed E-state index contributed by atoms with van der Waals surface area (Å²) in [4.78, 5) is 43.8. The number of H-pyrrole nitrogens is 2. The van der Waals surface area contributed by atoms with Crippen LogP contribution in [0.1, 0.15) is 43.5 Å². The molecule has 5 heterocycles. The Morgan fingerprint density at radius 1 is 0.385 bits per heavy atom. The first kappa shape index (κ1) is 30.8. The molecule has 52 heavy (non-hydrogen) atoms. The third-order valence-electron chi connectivity index (χ3n) is 9.54. The maximum absolute atomic E-state index is 13.0. The Hall–Kier alpha value is -7.18. The number of nitrogens with one attached hydrogen (secondary N) is 2. The van der Waals surface area contributed by atoms with Gasteiger partial charge in [0.25, 0.3) is 0 Å². The lowest BCUT2D eigenvalue weighted by Gasteiger charge is -2.07. The standard InChI is InChI=1S/C46H30N4O2/c51-27-33-25-39-42(30-15-7-2-8-16-30)37-23-21-35(47-37)41(29-13-5-1-6-14-29)36-22-24-38(48-36)43(31-17-9-3-10-18-31)40-26-34(28-52)46(50-40)44(45(33)49-39)32-19-11-4-12-20-32/h1-28,49-50H. The van der Waals surface area contributed by atoms with Crippen molar-refractivity contribution in [3.05, 3.63) is 167 Å². The second kappa shape index (κ2) is 12.9. The largest absolute Gasteiger partial charge is 0.354 e. The highest BCUT2D eigenvalue weighted by molar-refractivity contribution is 6.09. The SMILES string of the molecule is O=Cc1cc2[nH]c1c(-c1ccccc1)c1[nH]c(cc1C=O)c(-c1ccccc1)c1nc(c(-c3ccccc3)c3nc(c2-c2ccccc2)C=C3)C=C1. The molecule has 246 valence electrons. The maximum Gasteiger partial charge on any atom is 0.152 e. The van der Waals surface area contributed by atoms with Gasteiger partial charge in [-0.25, -0.2) is 9.97 Å². The quantitative estimate of drug-likeness (QED) is 0.172. The van der Waals surface area contributed by atoms with Gasteiger partial charge < -0.3 is 9.97 Å². The summed E-state index contributed by atoms with van der Waals surface area (Å²) in [5.74, 6) is 0. The molecule has 0 fully saturated rings. The molecule has 4 aromatic carbocycles. The number of carbonyl (C=O) groups is 2. The molecule has 2 N–H and O–H groups in total. The van der Waals surface area contributed by atoms with Crippen LogP contribution in [0.2, 0.25) is 0 Å². The molecule has 3 aromatic heterocycles. The van der Waals surface area contributed by atoms with Gasteiger partial charge in [-0.3, -0.25) is 9.59 Å². The summed E-state index contributed by atoms with van der Waals surface area (Å²) in [5.41, 5.74) is 13.5. The van der Waals surface area contributed by atoms with E-state index in [2.05, 4.69) is 22.1 Å². The maximum atomic E-state index is 13.0. The Bertz CT molecular complexity index is 2590. The fraction of sp³-hybridized carbons (Fsp3) is 0. The van der Waals surface area contributed by atoms with Crippen LogP contribution in [-0.2, 0) is 0 Å². The molecule has 0 atom stereocenters. The fourth-order valence-electron chi connectivity index (χ4n) is 7.23. The number of benzene rings is 4. The van der Waals surface area contributed by atoms with Crippen molar-refractivity contribution < 1.29 is 9.59 Å². The van der Waals surface area contributed by atoms with E-state index < -0.39 is 0 Å². The summed E-state index contributed by atoms with van der Waals surface area (Å²) in [6, 6.07) is 43.8. The van der Waals surface area contributed by atoms with E-state index in [4.69, 9.17) is 9.97 Å². The Labute approximate surface area is 299 Å². The average Bonchev–Trinajstić information content (AvgIpc) is 4.03. The first-order chi connectivity index (χ1) is 25.7. The van der Waals surface area contributed by atoms with E-state index in [1.54, 1.807) is 0 Å². The van der Waals surface area contributed by atoms with Crippen LogP contribution in [-0.4, -0.2) is 32.5 Å². The van der Waals surface area contributed by atoms with Gasteiger partial charge in [-0.1, -0.05) is 121 Å². The van der Waals surface area contributed by atoms with Gasteiger partial charge in [0.15, 0.2) is 12.6 Å². The molecule has 0 saturated carbocycles. The molecule has 0 amide bonds. The van der Waals surface area contributed by atoms with Crippen LogP contribution in [0, 0.1) is 0 Å². The van der Waals surface area contributed by atoms with Crippen molar-refractivity contribution in [2.75, 3.05) is 0 Å². The van der Waals surface area contributed by atoms with Crippen molar-refractivity contribution in [3.63, 3.8) is 0 Å².